The molecule has 41 heavy (non-hydrogen) atoms. The van der Waals surface area contributed by atoms with Gasteiger partial charge in [0.2, 0.25) is 0 Å². The molecule has 1 saturated heterocycles. The molecule has 5 fully saturated rings. The van der Waals surface area contributed by atoms with E-state index in [0.717, 1.165) is 0 Å². The number of Topliss-reactive ketones (excluding diaryl/α,β-unsaturated/α-hetero) is 2. The number of ketones is 2. The Labute approximate surface area is 237 Å². The Morgan fingerprint density at radius 1 is 0.927 bits per heavy atom. The highest BCUT2D eigenvalue weighted by molar-refractivity contribution is 5.97. The van der Waals surface area contributed by atoms with E-state index in [1.165, 1.54) is 26.4 Å². The lowest BCUT2D eigenvalue weighted by Crippen LogP contribution is -2.80. The lowest BCUT2D eigenvalue weighted by molar-refractivity contribution is -0.371. The second-order valence-corrected chi connectivity index (χ2v) is 13.6. The van der Waals surface area contributed by atoms with Gasteiger partial charge in [-0.2, -0.15) is 0 Å². The second-order valence-electron chi connectivity index (χ2n) is 13.6. The van der Waals surface area contributed by atoms with Crippen LogP contribution in [0.2, 0.25) is 0 Å². The summed E-state index contributed by atoms with van der Waals surface area (Å²) < 4.78 is 22.6. The molecule has 5 aliphatic rings. The summed E-state index contributed by atoms with van der Waals surface area (Å²) in [6.45, 7) is 7.39. The molecule has 4 saturated carbocycles. The molecular weight excluding hydrogens is 536 g/mol. The van der Waals surface area contributed by atoms with E-state index in [2.05, 4.69) is 0 Å². The van der Waals surface area contributed by atoms with Gasteiger partial charge in [0.05, 0.1) is 36.8 Å². The fourth-order valence-corrected chi connectivity index (χ4v) is 10.3. The molecule has 0 spiro atoms. The van der Waals surface area contributed by atoms with Crippen LogP contribution >= 0.6 is 0 Å². The molecule has 4 aliphatic carbocycles. The monoisotopic (exact) mass is 574 g/mol. The molecule has 1 aromatic rings. The van der Waals surface area contributed by atoms with Crippen molar-refractivity contribution in [2.24, 2.45) is 39.4 Å². The maximum Gasteiger partial charge on any atom is 0.303 e. The fraction of sp³-hybridized carbons (Fsp3) is 0.733. The Hall–Kier alpha value is -2.60. The van der Waals surface area contributed by atoms with E-state index < -0.39 is 93.8 Å². The lowest BCUT2D eigenvalue weighted by Gasteiger charge is -2.72. The SMILES string of the molecule is CC(=O)OC1CC(O)C23COC(O)C1(C)C2CC(O)C1(C)C2C(=O)CC(c4ccoc4)C2(C)C(OC(C)=O)C(=O)C13. The van der Waals surface area contributed by atoms with Crippen molar-refractivity contribution in [2.75, 3.05) is 6.61 Å². The molecule has 1 aromatic heterocycles. The molecule has 13 atom stereocenters. The van der Waals surface area contributed by atoms with E-state index >= 15 is 0 Å². The first-order valence-corrected chi connectivity index (χ1v) is 14.2. The number of hydrogen-bond donors (Lipinski definition) is 3. The van der Waals surface area contributed by atoms with E-state index in [1.54, 1.807) is 26.8 Å². The van der Waals surface area contributed by atoms with Gasteiger partial charge in [-0.05, 0) is 24.0 Å². The number of carbonyl (C=O) groups is 4. The van der Waals surface area contributed by atoms with E-state index in [-0.39, 0.29) is 31.7 Å². The lowest BCUT2D eigenvalue weighted by atomic mass is 9.33. The van der Waals surface area contributed by atoms with Crippen LogP contribution < -0.4 is 0 Å². The van der Waals surface area contributed by atoms with Crippen LogP contribution in [0.1, 0.15) is 65.4 Å². The summed E-state index contributed by atoms with van der Waals surface area (Å²) in [5.41, 5.74) is -4.52. The van der Waals surface area contributed by atoms with E-state index in [0.29, 0.717) is 5.56 Å². The van der Waals surface area contributed by atoms with Crippen molar-refractivity contribution in [3.63, 3.8) is 0 Å². The van der Waals surface area contributed by atoms with Crippen LogP contribution in [0.5, 0.6) is 0 Å². The van der Waals surface area contributed by atoms with Gasteiger partial charge in [-0.15, -0.1) is 0 Å². The highest BCUT2D eigenvalue weighted by atomic mass is 16.6. The number of furan rings is 1. The molecule has 6 rings (SSSR count). The maximum atomic E-state index is 14.9. The Bertz CT molecular complexity index is 1290. The molecular formula is C30H38O11. The molecule has 2 heterocycles. The van der Waals surface area contributed by atoms with Crippen molar-refractivity contribution in [1.82, 2.24) is 0 Å². The molecule has 0 aromatic carbocycles. The van der Waals surface area contributed by atoms with Crippen LogP contribution in [0.15, 0.2) is 23.0 Å². The van der Waals surface area contributed by atoms with E-state index in [4.69, 9.17) is 18.6 Å². The summed E-state index contributed by atoms with van der Waals surface area (Å²) in [5.74, 6) is -5.30. The fourth-order valence-electron chi connectivity index (χ4n) is 10.3. The summed E-state index contributed by atoms with van der Waals surface area (Å²) in [7, 11) is 0. The van der Waals surface area contributed by atoms with Crippen LogP contribution in [0, 0.1) is 39.4 Å². The van der Waals surface area contributed by atoms with Gasteiger partial charge in [0.15, 0.2) is 18.2 Å². The number of fused-ring (bicyclic) bond motifs is 3. The Kier molecular flexibility index (Phi) is 6.23. The second kappa shape index (κ2) is 8.95. The third-order valence-corrected chi connectivity index (χ3v) is 11.9. The summed E-state index contributed by atoms with van der Waals surface area (Å²) in [6.07, 6.45) is -3.16. The molecule has 11 nitrogen and oxygen atoms in total. The highest BCUT2D eigenvalue weighted by Crippen LogP contribution is 2.75. The van der Waals surface area contributed by atoms with Gasteiger partial charge in [-0.3, -0.25) is 19.2 Å². The van der Waals surface area contributed by atoms with Gasteiger partial charge in [-0.25, -0.2) is 0 Å². The zero-order valence-electron chi connectivity index (χ0n) is 23.9. The summed E-state index contributed by atoms with van der Waals surface area (Å²) in [6, 6.07) is 1.73. The minimum absolute atomic E-state index is 0.0283. The van der Waals surface area contributed by atoms with Gasteiger partial charge in [0.25, 0.3) is 0 Å². The predicted octanol–water partition coefficient (Wildman–Crippen LogP) is 1.51. The number of ether oxygens (including phenoxy) is 3. The van der Waals surface area contributed by atoms with Crippen molar-refractivity contribution in [3.8, 4) is 0 Å². The van der Waals surface area contributed by atoms with Crippen LogP contribution in [0.3, 0.4) is 0 Å². The number of hydrogen-bond acceptors (Lipinski definition) is 11. The van der Waals surface area contributed by atoms with Gasteiger partial charge in [0.1, 0.15) is 11.9 Å². The number of rotatable bonds is 3. The first-order chi connectivity index (χ1) is 19.2. The highest BCUT2D eigenvalue weighted by Gasteiger charge is 2.82. The standard InChI is InChI=1S/C30H38O11/c1-13(31)40-21-10-20(35)30-12-39-26(37)28(21,4)18(30)9-19(34)29(5)23-17(33)8-16(15-6-7-38-11-15)27(23,3)25(41-14(2)32)22(36)24(29)30/h6-7,11,16,18-21,23-26,34-35,37H,8-10,12H2,1-5H3. The average Bonchev–Trinajstić information content (AvgIpc) is 3.50. The first-order valence-electron chi connectivity index (χ1n) is 14.2. The predicted molar refractivity (Wildman–Crippen MR) is 138 cm³/mol. The third kappa shape index (κ3) is 3.34. The quantitative estimate of drug-likeness (QED) is 0.447. The van der Waals surface area contributed by atoms with Crippen molar-refractivity contribution in [2.45, 2.75) is 90.5 Å². The molecule has 1 aliphatic heterocycles. The van der Waals surface area contributed by atoms with Gasteiger partial charge < -0.3 is 33.9 Å². The van der Waals surface area contributed by atoms with Crippen molar-refractivity contribution >= 4 is 23.5 Å². The topological polar surface area (TPSA) is 170 Å². The van der Waals surface area contributed by atoms with E-state index in [1.807, 2.05) is 0 Å². The molecule has 0 amide bonds. The molecule has 11 heteroatoms. The molecule has 2 bridgehead atoms. The Morgan fingerprint density at radius 3 is 2.22 bits per heavy atom. The number of aliphatic hydroxyl groups excluding tert-OH is 3. The molecule has 3 N–H and O–H groups in total. The summed E-state index contributed by atoms with van der Waals surface area (Å²) in [4.78, 5) is 53.5. The minimum atomic E-state index is -1.40. The molecule has 0 radical (unpaired) electrons. The largest absolute Gasteiger partial charge is 0.472 e. The van der Waals surface area contributed by atoms with Gasteiger partial charge in [-0.1, -0.05) is 20.8 Å². The van der Waals surface area contributed by atoms with Crippen LogP contribution in [0.4, 0.5) is 0 Å². The van der Waals surface area contributed by atoms with Crippen LogP contribution in [-0.4, -0.2) is 76.1 Å². The average molecular weight is 575 g/mol. The normalized spacial score (nSPS) is 50.4. The third-order valence-electron chi connectivity index (χ3n) is 11.9. The number of esters is 2. The van der Waals surface area contributed by atoms with Gasteiger partial charge in [0, 0.05) is 60.7 Å². The number of aliphatic hydroxyl groups is 3. The zero-order chi connectivity index (χ0) is 29.9. The van der Waals surface area contributed by atoms with Crippen molar-refractivity contribution < 1.29 is 53.1 Å². The van der Waals surface area contributed by atoms with E-state index in [9.17, 15) is 34.5 Å². The van der Waals surface area contributed by atoms with Gasteiger partial charge >= 0.3 is 11.9 Å². The maximum absolute atomic E-state index is 14.9. The number of carbonyl (C=O) groups excluding carboxylic acids is 4. The van der Waals surface area contributed by atoms with Crippen molar-refractivity contribution in [3.05, 3.63) is 24.2 Å². The van der Waals surface area contributed by atoms with Crippen molar-refractivity contribution in [1.29, 1.82) is 0 Å². The van der Waals surface area contributed by atoms with Crippen LogP contribution in [0.25, 0.3) is 0 Å². The first kappa shape index (κ1) is 28.5. The molecule has 224 valence electrons. The Balaban J connectivity index is 1.57. The van der Waals surface area contributed by atoms with Crippen LogP contribution in [-0.2, 0) is 33.4 Å². The minimum Gasteiger partial charge on any atom is -0.472 e. The zero-order valence-corrected chi connectivity index (χ0v) is 23.9. The smallest absolute Gasteiger partial charge is 0.303 e. The molecule has 13 unspecified atom stereocenters. The summed E-state index contributed by atoms with van der Waals surface area (Å²) in [5, 5.41) is 35.1. The summed E-state index contributed by atoms with van der Waals surface area (Å²) >= 11 is 0. The Morgan fingerprint density at radius 2 is 1.61 bits per heavy atom.